The van der Waals surface area contributed by atoms with Gasteiger partial charge in [-0.3, -0.25) is 0 Å². The van der Waals surface area contributed by atoms with Gasteiger partial charge in [0.15, 0.2) is 0 Å². The fourth-order valence-corrected chi connectivity index (χ4v) is 10.7. The summed E-state index contributed by atoms with van der Waals surface area (Å²) in [4.78, 5) is 3.77. The minimum absolute atomic E-state index is 0.119. The van der Waals surface area contributed by atoms with Crippen molar-refractivity contribution < 1.29 is 0 Å². The molecule has 2 heteroatoms. The summed E-state index contributed by atoms with van der Waals surface area (Å²) in [6, 6.07) is 60.3. The molecule has 1 nitrogen and oxygen atoms in total. The van der Waals surface area contributed by atoms with Gasteiger partial charge < -0.3 is 4.90 Å². The Bertz CT molecular complexity index is 2550. The summed E-state index contributed by atoms with van der Waals surface area (Å²) in [7, 11) is 0. The third-order valence-corrected chi connectivity index (χ3v) is 13.1. The van der Waals surface area contributed by atoms with E-state index in [-0.39, 0.29) is 17.3 Å². The second-order valence-corrected chi connectivity index (χ2v) is 16.0. The molecule has 0 spiro atoms. The number of fused-ring (bicyclic) bond motifs is 4. The summed E-state index contributed by atoms with van der Waals surface area (Å²) in [6.07, 6.45) is 20.3. The molecule has 3 aliphatic carbocycles. The van der Waals surface area contributed by atoms with E-state index >= 15 is 0 Å². The molecule has 0 N–H and O–H groups in total. The van der Waals surface area contributed by atoms with Gasteiger partial charge in [0.2, 0.25) is 0 Å². The smallest absolute Gasteiger partial charge is 0.0843 e. The zero-order valence-electron chi connectivity index (χ0n) is 33.1. The molecule has 0 saturated carbocycles. The van der Waals surface area contributed by atoms with Gasteiger partial charge in [-0.15, -0.1) is 0 Å². The Kier molecular flexibility index (Phi) is 10.4. The van der Waals surface area contributed by atoms with E-state index in [2.05, 4.69) is 230 Å². The molecule has 0 fully saturated rings. The summed E-state index contributed by atoms with van der Waals surface area (Å²) < 4.78 is 0. The molecule has 6 aromatic carbocycles. The third kappa shape index (κ3) is 6.48. The Morgan fingerprint density at radius 3 is 1.74 bits per heavy atom. The SMILES string of the molecule is C=C1/C=C\C=C(\N(c2ccc(-c3ccccc3)cc2)c2ccc(C3C=CC=C3)cc2)SC2=C1C=CC1C2c2ccccc2C1(c1ccccc1)c1ccccc1.CC. The van der Waals surface area contributed by atoms with E-state index in [9.17, 15) is 0 Å². The number of rotatable bonds is 7. The van der Waals surface area contributed by atoms with Gasteiger partial charge in [-0.1, -0.05) is 220 Å². The Balaban J connectivity index is 0.00000215. The van der Waals surface area contributed by atoms with Gasteiger partial charge in [0, 0.05) is 34.0 Å². The molecule has 1 heterocycles. The topological polar surface area (TPSA) is 3.24 Å². The van der Waals surface area contributed by atoms with Crippen LogP contribution < -0.4 is 4.90 Å². The molecular formula is C56H47NS. The predicted octanol–water partition coefficient (Wildman–Crippen LogP) is 15.0. The normalized spacial score (nSPS) is 20.1. The predicted molar refractivity (Wildman–Crippen MR) is 248 cm³/mol. The van der Waals surface area contributed by atoms with Crippen LogP contribution in [0.25, 0.3) is 11.1 Å². The van der Waals surface area contributed by atoms with Crippen molar-refractivity contribution in [3.63, 3.8) is 0 Å². The highest BCUT2D eigenvalue weighted by atomic mass is 32.2. The highest BCUT2D eigenvalue weighted by Crippen LogP contribution is 2.64. The van der Waals surface area contributed by atoms with Gasteiger partial charge in [0.05, 0.1) is 10.4 Å². The van der Waals surface area contributed by atoms with Crippen molar-refractivity contribution in [3.05, 3.63) is 274 Å². The second-order valence-electron chi connectivity index (χ2n) is 14.9. The van der Waals surface area contributed by atoms with Gasteiger partial charge in [-0.25, -0.2) is 0 Å². The van der Waals surface area contributed by atoms with Crippen molar-refractivity contribution in [2.75, 3.05) is 4.90 Å². The van der Waals surface area contributed by atoms with Gasteiger partial charge in [-0.2, -0.15) is 0 Å². The average Bonchev–Trinajstić information content (AvgIpc) is 3.94. The molecule has 0 saturated heterocycles. The van der Waals surface area contributed by atoms with Crippen molar-refractivity contribution >= 4 is 23.1 Å². The Labute approximate surface area is 348 Å². The van der Waals surface area contributed by atoms with Crippen LogP contribution in [0.2, 0.25) is 0 Å². The van der Waals surface area contributed by atoms with Crippen molar-refractivity contribution in [2.24, 2.45) is 5.92 Å². The molecule has 1 aliphatic heterocycles. The van der Waals surface area contributed by atoms with E-state index in [1.54, 1.807) is 0 Å². The van der Waals surface area contributed by atoms with Crippen LogP contribution in [0.1, 0.15) is 53.5 Å². The van der Waals surface area contributed by atoms with Gasteiger partial charge in [-0.05, 0) is 80.4 Å². The molecule has 10 rings (SSSR count). The first-order valence-corrected chi connectivity index (χ1v) is 21.3. The Morgan fingerprint density at radius 1 is 0.552 bits per heavy atom. The van der Waals surface area contributed by atoms with E-state index in [1.807, 2.05) is 25.6 Å². The lowest BCUT2D eigenvalue weighted by Crippen LogP contribution is -2.36. The molecule has 0 amide bonds. The maximum Gasteiger partial charge on any atom is 0.0843 e. The lowest BCUT2D eigenvalue weighted by Gasteiger charge is -2.41. The molecule has 4 aliphatic rings. The monoisotopic (exact) mass is 765 g/mol. The first-order chi connectivity index (χ1) is 28.7. The summed E-state index contributed by atoms with van der Waals surface area (Å²) in [5.41, 5.74) is 13.2. The van der Waals surface area contributed by atoms with Crippen LogP contribution in [0.4, 0.5) is 11.4 Å². The van der Waals surface area contributed by atoms with Crippen LogP contribution in [0.15, 0.2) is 246 Å². The zero-order valence-corrected chi connectivity index (χ0v) is 33.9. The highest BCUT2D eigenvalue weighted by molar-refractivity contribution is 8.07. The Hall–Kier alpha value is -6.35. The standard InChI is InChI=1S/C54H41NS.C2H6/c1-38-16-15-27-51(55(46-34-30-42(31-35-46)40-19-11-12-20-40)45-32-28-41(29-33-45)39-17-5-2-6-18-39)56-53-47(38)36-37-50-52(53)48-25-13-14-26-49(48)54(50,43-21-7-3-8-22-43)44-23-9-4-10-24-44;1-2/h2-37,40,50,52H,1H2;1-2H3/b16-15-,51-27-;. The molecule has 0 bridgehead atoms. The van der Waals surface area contributed by atoms with Crippen LogP contribution in [-0.4, -0.2) is 0 Å². The third-order valence-electron chi connectivity index (χ3n) is 11.9. The van der Waals surface area contributed by atoms with E-state index in [0.29, 0.717) is 5.92 Å². The van der Waals surface area contributed by atoms with Gasteiger partial charge in [0.1, 0.15) is 0 Å². The zero-order chi connectivity index (χ0) is 39.5. The molecule has 0 radical (unpaired) electrons. The Morgan fingerprint density at radius 2 is 1.10 bits per heavy atom. The van der Waals surface area contributed by atoms with Crippen LogP contribution >= 0.6 is 11.8 Å². The number of hydrogen-bond acceptors (Lipinski definition) is 2. The number of thioether (sulfide) groups is 1. The molecule has 6 aromatic rings. The maximum absolute atomic E-state index is 4.63. The first kappa shape index (κ1) is 37.2. The number of nitrogens with zero attached hydrogens (tertiary/aromatic N) is 1. The van der Waals surface area contributed by atoms with Crippen molar-refractivity contribution in [1.29, 1.82) is 0 Å². The van der Waals surface area contributed by atoms with Crippen LogP contribution in [0.5, 0.6) is 0 Å². The van der Waals surface area contributed by atoms with Crippen molar-refractivity contribution in [2.45, 2.75) is 31.1 Å². The summed E-state index contributed by atoms with van der Waals surface area (Å²) in [6.45, 7) is 8.63. The summed E-state index contributed by atoms with van der Waals surface area (Å²) in [5.74, 6) is 0.579. The van der Waals surface area contributed by atoms with E-state index < -0.39 is 0 Å². The minimum atomic E-state index is -0.366. The minimum Gasteiger partial charge on any atom is -0.305 e. The quantitative estimate of drug-likeness (QED) is 0.159. The van der Waals surface area contributed by atoms with E-state index in [4.69, 9.17) is 0 Å². The molecular weight excluding hydrogens is 719 g/mol. The van der Waals surface area contributed by atoms with Crippen LogP contribution in [0.3, 0.4) is 0 Å². The summed E-state index contributed by atoms with van der Waals surface area (Å²) in [5, 5.41) is 1.14. The second kappa shape index (κ2) is 16.3. The van der Waals surface area contributed by atoms with E-state index in [0.717, 1.165) is 22.0 Å². The molecule has 2 atom stereocenters. The van der Waals surface area contributed by atoms with Crippen LogP contribution in [0, 0.1) is 5.92 Å². The number of benzene rings is 6. The van der Waals surface area contributed by atoms with Gasteiger partial charge in [0.25, 0.3) is 0 Å². The summed E-state index contributed by atoms with van der Waals surface area (Å²) >= 11 is 1.89. The van der Waals surface area contributed by atoms with E-state index in [1.165, 1.54) is 49.4 Å². The molecule has 0 aromatic heterocycles. The molecule has 2 unspecified atom stereocenters. The average molecular weight is 766 g/mol. The fraction of sp³-hybridized carbons (Fsp3) is 0.107. The molecule has 58 heavy (non-hydrogen) atoms. The fourth-order valence-electron chi connectivity index (χ4n) is 9.35. The lowest BCUT2D eigenvalue weighted by molar-refractivity contribution is 0.452. The van der Waals surface area contributed by atoms with Gasteiger partial charge >= 0.3 is 0 Å². The maximum atomic E-state index is 4.63. The number of allylic oxidation sites excluding steroid dienone is 12. The number of hydrogen-bond donors (Lipinski definition) is 0. The van der Waals surface area contributed by atoms with Crippen molar-refractivity contribution in [3.8, 4) is 11.1 Å². The number of anilines is 2. The molecule has 282 valence electrons. The van der Waals surface area contributed by atoms with Crippen molar-refractivity contribution in [1.82, 2.24) is 0 Å². The first-order valence-electron chi connectivity index (χ1n) is 20.5. The largest absolute Gasteiger partial charge is 0.305 e. The lowest BCUT2D eigenvalue weighted by atomic mass is 9.63. The highest BCUT2D eigenvalue weighted by Gasteiger charge is 2.55. The van der Waals surface area contributed by atoms with Crippen LogP contribution in [-0.2, 0) is 5.41 Å².